The van der Waals surface area contributed by atoms with Gasteiger partial charge in [0.1, 0.15) is 0 Å². The van der Waals surface area contributed by atoms with Crippen LogP contribution in [0.5, 0.6) is 0 Å². The average molecular weight is 336 g/mol. The zero-order valence-electron chi connectivity index (χ0n) is 11.2. The van der Waals surface area contributed by atoms with Crippen LogP contribution in [-0.2, 0) is 20.8 Å². The van der Waals surface area contributed by atoms with Crippen LogP contribution in [0.2, 0.25) is 0 Å². The van der Waals surface area contributed by atoms with Crippen molar-refractivity contribution in [3.63, 3.8) is 0 Å². The van der Waals surface area contributed by atoms with E-state index < -0.39 is 36.3 Å². The Kier molecular flexibility index (Phi) is 6.20. The molecule has 0 bridgehead atoms. The van der Waals surface area contributed by atoms with Crippen molar-refractivity contribution in [3.05, 3.63) is 28.3 Å². The van der Waals surface area contributed by atoms with Gasteiger partial charge in [0.15, 0.2) is 4.90 Å². The van der Waals surface area contributed by atoms with E-state index in [0.717, 1.165) is 12.1 Å². The second-order valence-corrected chi connectivity index (χ2v) is 7.40. The summed E-state index contributed by atoms with van der Waals surface area (Å²) in [6, 6.07) is 3.45. The Morgan fingerprint density at radius 2 is 2.10 bits per heavy atom. The van der Waals surface area contributed by atoms with Crippen molar-refractivity contribution in [3.8, 4) is 0 Å². The molecule has 1 rings (SSSR count). The van der Waals surface area contributed by atoms with Crippen molar-refractivity contribution in [2.45, 2.75) is 11.3 Å². The number of benzene rings is 1. The summed E-state index contributed by atoms with van der Waals surface area (Å²) in [6.07, 6.45) is 1.88. The van der Waals surface area contributed by atoms with E-state index >= 15 is 0 Å². The Balaban J connectivity index is 3.00. The van der Waals surface area contributed by atoms with Gasteiger partial charge in [-0.25, -0.2) is 13.1 Å². The van der Waals surface area contributed by atoms with E-state index in [0.29, 0.717) is 12.2 Å². The van der Waals surface area contributed by atoms with E-state index in [1.54, 1.807) is 0 Å². The van der Waals surface area contributed by atoms with Gasteiger partial charge in [-0.1, -0.05) is 0 Å². The van der Waals surface area contributed by atoms with Crippen molar-refractivity contribution in [2.75, 3.05) is 24.0 Å². The lowest BCUT2D eigenvalue weighted by atomic mass is 10.3. The van der Waals surface area contributed by atoms with Crippen LogP contribution in [0.25, 0.3) is 0 Å². The van der Waals surface area contributed by atoms with E-state index in [1.165, 1.54) is 12.3 Å². The largest absolute Gasteiger partial charge is 0.324 e. The molecule has 0 saturated carbocycles. The van der Waals surface area contributed by atoms with Crippen LogP contribution in [0.3, 0.4) is 0 Å². The van der Waals surface area contributed by atoms with Crippen LogP contribution in [0.1, 0.15) is 6.42 Å². The van der Waals surface area contributed by atoms with Crippen molar-refractivity contribution in [2.24, 2.45) is 5.84 Å². The third kappa shape index (κ3) is 5.04. The Morgan fingerprint density at radius 1 is 1.43 bits per heavy atom. The first-order valence-corrected chi connectivity index (χ1v) is 9.03. The van der Waals surface area contributed by atoms with Crippen LogP contribution < -0.4 is 16.0 Å². The molecule has 0 aliphatic heterocycles. The highest BCUT2D eigenvalue weighted by atomic mass is 32.2. The highest BCUT2D eigenvalue weighted by Crippen LogP contribution is 2.26. The SMILES string of the molecule is CS(=O)CCCNS(=O)(=O)c1cc(NN)ccc1[N+](=O)[O-]. The Morgan fingerprint density at radius 3 is 2.62 bits per heavy atom. The second-order valence-electron chi connectivity index (χ2n) is 4.11. The standard InChI is InChI=1S/C10H16N4O5S2/c1-20(17)6-2-5-12-21(18,19)10-7-8(13-11)3-4-9(10)14(15)16/h3-4,7,12-13H,2,5-6,11H2,1H3. The van der Waals surface area contributed by atoms with Crippen LogP contribution in [0, 0.1) is 10.1 Å². The first-order valence-electron chi connectivity index (χ1n) is 5.82. The van der Waals surface area contributed by atoms with Crippen molar-refractivity contribution >= 4 is 32.2 Å². The van der Waals surface area contributed by atoms with Crippen molar-refractivity contribution < 1.29 is 17.6 Å². The number of sulfonamides is 1. The maximum atomic E-state index is 12.1. The zero-order valence-corrected chi connectivity index (χ0v) is 12.9. The number of hydrogen-bond donors (Lipinski definition) is 3. The van der Waals surface area contributed by atoms with Gasteiger partial charge >= 0.3 is 0 Å². The van der Waals surface area contributed by atoms with Crippen molar-refractivity contribution in [1.82, 2.24) is 4.72 Å². The lowest BCUT2D eigenvalue weighted by molar-refractivity contribution is -0.387. The summed E-state index contributed by atoms with van der Waals surface area (Å²) in [5, 5.41) is 10.9. The van der Waals surface area contributed by atoms with Crippen LogP contribution in [0.15, 0.2) is 23.1 Å². The molecule has 1 aromatic carbocycles. The predicted octanol–water partition coefficient (Wildman–Crippen LogP) is -0.0727. The maximum Gasteiger partial charge on any atom is 0.289 e. The monoisotopic (exact) mass is 336 g/mol. The minimum atomic E-state index is -4.05. The van der Waals surface area contributed by atoms with Crippen LogP contribution in [-0.4, -0.2) is 36.1 Å². The molecule has 0 saturated heterocycles. The number of nitrogens with one attached hydrogen (secondary N) is 2. The smallest absolute Gasteiger partial charge is 0.289 e. The number of nitrogen functional groups attached to an aromatic ring is 1. The lowest BCUT2D eigenvalue weighted by Crippen LogP contribution is -2.26. The second kappa shape index (κ2) is 7.45. The molecule has 0 spiro atoms. The number of nitro groups is 1. The Bertz CT molecular complexity index is 647. The van der Waals surface area contributed by atoms with Gasteiger partial charge in [0.2, 0.25) is 10.0 Å². The summed E-state index contributed by atoms with van der Waals surface area (Å²) in [5.41, 5.74) is 1.92. The summed E-state index contributed by atoms with van der Waals surface area (Å²) in [4.78, 5) is 9.66. The van der Waals surface area contributed by atoms with E-state index in [9.17, 15) is 22.7 Å². The van der Waals surface area contributed by atoms with E-state index in [2.05, 4.69) is 10.1 Å². The molecule has 0 radical (unpaired) electrons. The molecule has 0 aliphatic rings. The molecular weight excluding hydrogens is 320 g/mol. The normalized spacial score (nSPS) is 12.9. The van der Waals surface area contributed by atoms with Gasteiger partial charge in [0.25, 0.3) is 5.69 Å². The van der Waals surface area contributed by atoms with Gasteiger partial charge in [-0.3, -0.25) is 20.2 Å². The van der Waals surface area contributed by atoms with Gasteiger partial charge < -0.3 is 5.43 Å². The molecule has 0 aliphatic carbocycles. The number of anilines is 1. The van der Waals surface area contributed by atoms with E-state index in [-0.39, 0.29) is 12.2 Å². The molecule has 9 nitrogen and oxygen atoms in total. The van der Waals surface area contributed by atoms with Crippen molar-refractivity contribution in [1.29, 1.82) is 0 Å². The fraction of sp³-hybridized carbons (Fsp3) is 0.400. The molecule has 11 heteroatoms. The van der Waals surface area contributed by atoms with Crippen LogP contribution in [0.4, 0.5) is 11.4 Å². The van der Waals surface area contributed by atoms with E-state index in [1.807, 2.05) is 0 Å². The molecule has 0 fully saturated rings. The summed E-state index contributed by atoms with van der Waals surface area (Å²) in [7, 11) is -5.08. The summed E-state index contributed by atoms with van der Waals surface area (Å²) in [5.74, 6) is 5.52. The molecule has 1 atom stereocenters. The molecule has 4 N–H and O–H groups in total. The Labute approximate surface area is 124 Å². The first-order chi connectivity index (χ1) is 9.77. The first kappa shape index (κ1) is 17.5. The molecule has 0 aromatic heterocycles. The number of nitrogens with two attached hydrogens (primary N) is 1. The Hall–Kier alpha value is -1.56. The minimum Gasteiger partial charge on any atom is -0.324 e. The highest BCUT2D eigenvalue weighted by molar-refractivity contribution is 7.89. The molecule has 0 heterocycles. The zero-order chi connectivity index (χ0) is 16.0. The third-order valence-corrected chi connectivity index (χ3v) is 4.87. The molecule has 1 aromatic rings. The molecule has 21 heavy (non-hydrogen) atoms. The van der Waals surface area contributed by atoms with Gasteiger partial charge in [0, 0.05) is 35.4 Å². The van der Waals surface area contributed by atoms with Gasteiger partial charge in [-0.2, -0.15) is 0 Å². The molecular formula is C10H16N4O5S2. The summed E-state index contributed by atoms with van der Waals surface area (Å²) < 4.78 is 37.4. The fourth-order valence-corrected chi connectivity index (χ4v) is 3.35. The highest BCUT2D eigenvalue weighted by Gasteiger charge is 2.25. The van der Waals surface area contributed by atoms with E-state index in [4.69, 9.17) is 5.84 Å². The number of nitrogens with zero attached hydrogens (tertiary/aromatic N) is 1. The average Bonchev–Trinajstić information content (AvgIpc) is 2.42. The molecule has 0 amide bonds. The van der Waals surface area contributed by atoms with Crippen LogP contribution >= 0.6 is 0 Å². The summed E-state index contributed by atoms with van der Waals surface area (Å²) in [6.45, 7) is 0.0410. The lowest BCUT2D eigenvalue weighted by Gasteiger charge is -2.08. The molecule has 118 valence electrons. The predicted molar refractivity (Wildman–Crippen MR) is 79.6 cm³/mol. The number of hydrazine groups is 1. The molecule has 1 unspecified atom stereocenters. The fourth-order valence-electron chi connectivity index (χ4n) is 1.53. The van der Waals surface area contributed by atoms with Gasteiger partial charge in [-0.15, -0.1) is 0 Å². The topological polar surface area (TPSA) is 144 Å². The minimum absolute atomic E-state index is 0.0410. The number of nitro benzene ring substituents is 1. The summed E-state index contributed by atoms with van der Waals surface area (Å²) >= 11 is 0. The third-order valence-electron chi connectivity index (χ3n) is 2.51. The maximum absolute atomic E-state index is 12.1. The quantitative estimate of drug-likeness (QED) is 0.261. The number of hydrogen-bond acceptors (Lipinski definition) is 7. The van der Waals surface area contributed by atoms with Gasteiger partial charge in [0.05, 0.1) is 10.6 Å². The van der Waals surface area contributed by atoms with Gasteiger partial charge in [-0.05, 0) is 18.6 Å². The number of rotatable bonds is 8.